The van der Waals surface area contributed by atoms with Crippen molar-refractivity contribution in [3.05, 3.63) is 47.0 Å². The predicted molar refractivity (Wildman–Crippen MR) is 153 cm³/mol. The molecule has 1 fully saturated rings. The van der Waals surface area contributed by atoms with Gasteiger partial charge in [0, 0.05) is 36.2 Å². The van der Waals surface area contributed by atoms with Crippen molar-refractivity contribution >= 4 is 46.4 Å². The fourth-order valence-electron chi connectivity index (χ4n) is 4.51. The van der Waals surface area contributed by atoms with Crippen LogP contribution in [0.25, 0.3) is 22.0 Å². The number of nitriles is 1. The highest BCUT2D eigenvalue weighted by atomic mass is 35.5. The molecule has 1 aliphatic rings. The van der Waals surface area contributed by atoms with Gasteiger partial charge in [0.1, 0.15) is 12.2 Å². The molecule has 0 saturated carbocycles. The fraction of sp³-hybridized carbons (Fsp3) is 0.414. The first-order valence-corrected chi connectivity index (χ1v) is 13.6. The molecule has 0 aliphatic carbocycles. The summed E-state index contributed by atoms with van der Waals surface area (Å²) in [5, 5.41) is 17.5. The number of hydrogen-bond acceptors (Lipinski definition) is 8. The van der Waals surface area contributed by atoms with E-state index in [1.807, 2.05) is 0 Å². The van der Waals surface area contributed by atoms with E-state index in [1.165, 1.54) is 12.0 Å². The van der Waals surface area contributed by atoms with Crippen LogP contribution in [0, 0.1) is 17.2 Å². The van der Waals surface area contributed by atoms with Crippen molar-refractivity contribution in [2.75, 3.05) is 38.7 Å². The maximum atomic E-state index is 13.4. The lowest BCUT2D eigenvalue weighted by Crippen LogP contribution is -2.45. The number of nitrogens with one attached hydrogen (secondary N) is 1. The number of ether oxygens (including phenoxy) is 3. The third-order valence-electron chi connectivity index (χ3n) is 6.46. The molecule has 0 bridgehead atoms. The van der Waals surface area contributed by atoms with E-state index in [2.05, 4.69) is 16.5 Å². The molecular weight excluding hydrogens is 550 g/mol. The first-order chi connectivity index (χ1) is 19.5. The van der Waals surface area contributed by atoms with Crippen LogP contribution in [0.2, 0.25) is 5.02 Å². The third-order valence-corrected chi connectivity index (χ3v) is 6.79. The summed E-state index contributed by atoms with van der Waals surface area (Å²) < 4.78 is 16.8. The van der Waals surface area contributed by atoms with Crippen LogP contribution in [0.5, 0.6) is 0 Å². The highest BCUT2D eigenvalue weighted by Gasteiger charge is 2.32. The number of likely N-dealkylation sites (tertiary alicyclic amines) is 1. The molecule has 12 heteroatoms. The molecule has 0 radical (unpaired) electrons. The zero-order valence-corrected chi connectivity index (χ0v) is 24.2. The van der Waals surface area contributed by atoms with Crippen molar-refractivity contribution in [3.63, 3.8) is 0 Å². The van der Waals surface area contributed by atoms with Gasteiger partial charge in [0.2, 0.25) is 5.91 Å². The average Bonchev–Trinajstić information content (AvgIpc) is 3.30. The monoisotopic (exact) mass is 581 g/mol. The molecule has 216 valence electrons. The van der Waals surface area contributed by atoms with Gasteiger partial charge in [-0.25, -0.2) is 9.59 Å². The number of rotatable bonds is 6. The highest BCUT2D eigenvalue weighted by molar-refractivity contribution is 6.33. The smallest absolute Gasteiger partial charge is 0.435 e. The molecule has 2 amide bonds. The number of amides is 2. The molecule has 1 aliphatic heterocycles. The lowest BCUT2D eigenvalue weighted by atomic mass is 9.97. The Balaban J connectivity index is 1.66. The molecule has 0 unspecified atom stereocenters. The van der Waals surface area contributed by atoms with Crippen molar-refractivity contribution in [1.82, 2.24) is 14.7 Å². The molecule has 11 nitrogen and oxygen atoms in total. The molecular formula is C29H32ClN5O6. The van der Waals surface area contributed by atoms with Crippen LogP contribution in [-0.4, -0.2) is 71.8 Å². The number of nitrogens with zero attached hydrogens (tertiary/aromatic N) is 4. The number of carbonyl (C=O) groups is 3. The van der Waals surface area contributed by atoms with E-state index in [0.717, 1.165) is 4.68 Å². The first-order valence-electron chi connectivity index (χ1n) is 13.2. The molecule has 41 heavy (non-hydrogen) atoms. The Morgan fingerprint density at radius 2 is 1.93 bits per heavy atom. The van der Waals surface area contributed by atoms with Gasteiger partial charge in [0.15, 0.2) is 5.82 Å². The minimum Gasteiger partial charge on any atom is -0.445 e. The standard InChI is InChI=1S/C29H32ClN5O6/c1-29(2,3)41-27(37)34-11-5-6-20(17-34)26(36)32-25-22-15-19(21-14-18(16-31)7-9-23(21)30)8-10-24(22)35(33-25)28(38)40-13-12-39-4/h7-10,14-15,20H,5-6,11-13,17H2,1-4H3,(H,32,33,36)/t20-/m1/s1. The van der Waals surface area contributed by atoms with Crippen LogP contribution in [0.3, 0.4) is 0 Å². The van der Waals surface area contributed by atoms with Gasteiger partial charge in [-0.2, -0.15) is 9.94 Å². The summed E-state index contributed by atoms with van der Waals surface area (Å²) in [5.41, 5.74) is 1.46. The Kier molecular flexibility index (Phi) is 9.15. The van der Waals surface area contributed by atoms with Gasteiger partial charge in [0.05, 0.1) is 29.7 Å². The number of methoxy groups -OCH3 is 1. The van der Waals surface area contributed by atoms with Crippen molar-refractivity contribution in [3.8, 4) is 17.2 Å². The van der Waals surface area contributed by atoms with Gasteiger partial charge >= 0.3 is 12.2 Å². The molecule has 0 spiro atoms. The Morgan fingerprint density at radius 3 is 2.63 bits per heavy atom. The maximum Gasteiger partial charge on any atom is 0.435 e. The summed E-state index contributed by atoms with van der Waals surface area (Å²) in [7, 11) is 1.49. The number of hydrogen-bond donors (Lipinski definition) is 1. The van der Waals surface area contributed by atoms with Crippen molar-refractivity contribution in [2.24, 2.45) is 5.92 Å². The van der Waals surface area contributed by atoms with E-state index in [1.54, 1.807) is 57.2 Å². The molecule has 1 N–H and O–H groups in total. The Labute approximate surface area is 242 Å². The summed E-state index contributed by atoms with van der Waals surface area (Å²) >= 11 is 6.44. The number of carbonyl (C=O) groups excluding carboxylic acids is 3. The second-order valence-electron chi connectivity index (χ2n) is 10.7. The summed E-state index contributed by atoms with van der Waals surface area (Å²) in [6, 6.07) is 12.2. The second kappa shape index (κ2) is 12.6. The lowest BCUT2D eigenvalue weighted by molar-refractivity contribution is -0.121. The van der Waals surface area contributed by atoms with Crippen molar-refractivity contribution in [1.29, 1.82) is 5.26 Å². The van der Waals surface area contributed by atoms with E-state index in [4.69, 9.17) is 25.8 Å². The van der Waals surface area contributed by atoms with Gasteiger partial charge < -0.3 is 24.4 Å². The number of piperidine rings is 1. The Bertz CT molecular complexity index is 1510. The highest BCUT2D eigenvalue weighted by Crippen LogP contribution is 2.34. The maximum absolute atomic E-state index is 13.4. The quantitative estimate of drug-likeness (QED) is 0.380. The van der Waals surface area contributed by atoms with Crippen molar-refractivity contribution < 1.29 is 28.6 Å². The normalized spacial score (nSPS) is 15.3. The van der Waals surface area contributed by atoms with E-state index in [-0.39, 0.29) is 31.5 Å². The van der Waals surface area contributed by atoms with E-state index < -0.39 is 23.7 Å². The third kappa shape index (κ3) is 7.14. The van der Waals surface area contributed by atoms with Gasteiger partial charge in [-0.3, -0.25) is 4.79 Å². The molecule has 1 saturated heterocycles. The second-order valence-corrected chi connectivity index (χ2v) is 11.1. The Hall–Kier alpha value is -4.14. The number of benzene rings is 2. The van der Waals surface area contributed by atoms with E-state index in [0.29, 0.717) is 52.0 Å². The van der Waals surface area contributed by atoms with Gasteiger partial charge in [-0.05, 0) is 69.5 Å². The summed E-state index contributed by atoms with van der Waals surface area (Å²) in [5.74, 6) is -0.694. The minimum atomic E-state index is -0.737. The minimum absolute atomic E-state index is 0.0234. The molecule has 1 aromatic heterocycles. The van der Waals surface area contributed by atoms with Crippen LogP contribution in [-0.2, 0) is 19.0 Å². The van der Waals surface area contributed by atoms with E-state index in [9.17, 15) is 19.6 Å². The average molecular weight is 582 g/mol. The summed E-state index contributed by atoms with van der Waals surface area (Å²) in [4.78, 5) is 40.4. The van der Waals surface area contributed by atoms with Crippen LogP contribution in [0.1, 0.15) is 39.2 Å². The fourth-order valence-corrected chi connectivity index (χ4v) is 4.74. The largest absolute Gasteiger partial charge is 0.445 e. The first kappa shape index (κ1) is 29.8. The molecule has 4 rings (SSSR count). The number of fused-ring (bicyclic) bond motifs is 1. The Morgan fingerprint density at radius 1 is 1.15 bits per heavy atom. The van der Waals surface area contributed by atoms with Crippen LogP contribution < -0.4 is 5.32 Å². The SMILES string of the molecule is COCCOC(=O)n1nc(NC(=O)[C@@H]2CCCN(C(=O)OC(C)(C)C)C2)c2cc(-c3cc(C#N)ccc3Cl)ccc21. The molecule has 1 atom stereocenters. The van der Waals surface area contributed by atoms with Crippen LogP contribution in [0.4, 0.5) is 15.4 Å². The summed E-state index contributed by atoms with van der Waals surface area (Å²) in [6.07, 6.45) is 0.00385. The lowest BCUT2D eigenvalue weighted by Gasteiger charge is -2.33. The van der Waals surface area contributed by atoms with Gasteiger partial charge in [-0.15, -0.1) is 5.10 Å². The zero-order valence-electron chi connectivity index (χ0n) is 23.4. The zero-order chi connectivity index (χ0) is 29.7. The van der Waals surface area contributed by atoms with Gasteiger partial charge in [0.25, 0.3) is 0 Å². The molecule has 2 aromatic carbocycles. The predicted octanol–water partition coefficient (Wildman–Crippen LogP) is 5.45. The van der Waals surface area contributed by atoms with Crippen LogP contribution >= 0.6 is 11.6 Å². The number of halogens is 1. The number of anilines is 1. The van der Waals surface area contributed by atoms with Crippen molar-refractivity contribution in [2.45, 2.75) is 39.2 Å². The summed E-state index contributed by atoms with van der Waals surface area (Å²) in [6.45, 7) is 6.30. The van der Waals surface area contributed by atoms with Crippen LogP contribution in [0.15, 0.2) is 36.4 Å². The van der Waals surface area contributed by atoms with Gasteiger partial charge in [-0.1, -0.05) is 17.7 Å². The number of aromatic nitrogens is 2. The molecule has 3 aromatic rings. The molecule has 2 heterocycles. The van der Waals surface area contributed by atoms with E-state index >= 15 is 0 Å². The topological polar surface area (TPSA) is 136 Å².